The minimum atomic E-state index is -0.0216. The highest BCUT2D eigenvalue weighted by Gasteiger charge is 2.26. The Balaban J connectivity index is 1.57. The van der Waals surface area contributed by atoms with E-state index in [2.05, 4.69) is 39.5 Å². The highest BCUT2D eigenvalue weighted by molar-refractivity contribution is 5.93. The van der Waals surface area contributed by atoms with Crippen LogP contribution in [0.25, 0.3) is 0 Å². The van der Waals surface area contributed by atoms with E-state index in [4.69, 9.17) is 0 Å². The summed E-state index contributed by atoms with van der Waals surface area (Å²) < 4.78 is 0. The molecule has 1 aromatic heterocycles. The number of carbonyl (C=O) groups excluding carboxylic acids is 1. The third kappa shape index (κ3) is 4.81. The van der Waals surface area contributed by atoms with Crippen molar-refractivity contribution >= 4 is 17.4 Å². The molecule has 1 atom stereocenters. The zero-order valence-corrected chi connectivity index (χ0v) is 15.7. The number of carbonyl (C=O) groups is 1. The first-order chi connectivity index (χ1) is 12.7. The fourth-order valence-corrected chi connectivity index (χ4v) is 3.34. The second-order valence-corrected chi connectivity index (χ2v) is 7.11. The van der Waals surface area contributed by atoms with Crippen molar-refractivity contribution in [3.8, 4) is 0 Å². The van der Waals surface area contributed by atoms with Gasteiger partial charge < -0.3 is 10.2 Å². The van der Waals surface area contributed by atoms with Gasteiger partial charge in [-0.05, 0) is 62.4 Å². The molecule has 0 aliphatic carbocycles. The summed E-state index contributed by atoms with van der Waals surface area (Å²) >= 11 is 0. The highest BCUT2D eigenvalue weighted by Crippen LogP contribution is 2.23. The number of amides is 1. The van der Waals surface area contributed by atoms with Gasteiger partial charge in [-0.2, -0.15) is 5.10 Å². The molecule has 2 heterocycles. The Bertz CT molecular complexity index is 712. The van der Waals surface area contributed by atoms with Gasteiger partial charge in [0, 0.05) is 18.8 Å². The van der Waals surface area contributed by atoms with Crippen LogP contribution in [0.1, 0.15) is 43.9 Å². The molecule has 1 aromatic carbocycles. The largest absolute Gasteiger partial charge is 0.354 e. The monoisotopic (exact) mass is 352 g/mol. The van der Waals surface area contributed by atoms with E-state index < -0.39 is 0 Å². The molecule has 5 heteroatoms. The van der Waals surface area contributed by atoms with Gasteiger partial charge >= 0.3 is 0 Å². The Labute approximate surface area is 155 Å². The van der Waals surface area contributed by atoms with Crippen LogP contribution in [0, 0.1) is 12.8 Å². The van der Waals surface area contributed by atoms with Crippen LogP contribution < -0.4 is 10.2 Å². The first-order valence-corrected chi connectivity index (χ1v) is 9.61. The molecule has 0 spiro atoms. The lowest BCUT2D eigenvalue weighted by Crippen LogP contribution is -2.41. The Morgan fingerprint density at radius 1 is 1.19 bits per heavy atom. The third-order valence-corrected chi connectivity index (χ3v) is 4.94. The molecule has 3 rings (SSSR count). The predicted molar refractivity (Wildman–Crippen MR) is 105 cm³/mol. The Hall–Kier alpha value is -2.43. The molecular weight excluding hydrogens is 324 g/mol. The quantitative estimate of drug-likeness (QED) is 0.854. The molecule has 26 heavy (non-hydrogen) atoms. The van der Waals surface area contributed by atoms with E-state index in [9.17, 15) is 4.79 Å². The molecule has 0 saturated carbocycles. The number of nitrogens with zero attached hydrogens (tertiary/aromatic N) is 3. The summed E-state index contributed by atoms with van der Waals surface area (Å²) in [5.41, 5.74) is 3.11. The molecule has 0 bridgehead atoms. The van der Waals surface area contributed by atoms with Crippen LogP contribution in [0.2, 0.25) is 0 Å². The van der Waals surface area contributed by atoms with Crippen LogP contribution in [0.5, 0.6) is 0 Å². The topological polar surface area (TPSA) is 58.1 Å². The molecule has 0 radical (unpaired) electrons. The molecule has 1 N–H and O–H groups in total. The molecule has 1 saturated heterocycles. The van der Waals surface area contributed by atoms with Crippen molar-refractivity contribution in [1.82, 2.24) is 10.2 Å². The van der Waals surface area contributed by atoms with Crippen molar-refractivity contribution in [2.24, 2.45) is 5.92 Å². The van der Waals surface area contributed by atoms with E-state index >= 15 is 0 Å². The summed E-state index contributed by atoms with van der Waals surface area (Å²) in [6.45, 7) is 5.74. The SMILES string of the molecule is CCCCc1ccc(NC(=O)C2CCCN(c3ccc(C)nn3)C2)cc1. The van der Waals surface area contributed by atoms with Crippen molar-refractivity contribution in [2.75, 3.05) is 23.3 Å². The molecule has 1 unspecified atom stereocenters. The number of piperidine rings is 1. The van der Waals surface area contributed by atoms with Crippen molar-refractivity contribution in [3.63, 3.8) is 0 Å². The Morgan fingerprint density at radius 2 is 2.00 bits per heavy atom. The first-order valence-electron chi connectivity index (χ1n) is 9.61. The van der Waals surface area contributed by atoms with Crippen molar-refractivity contribution in [3.05, 3.63) is 47.7 Å². The molecular formula is C21H28N4O. The van der Waals surface area contributed by atoms with E-state index in [-0.39, 0.29) is 11.8 Å². The lowest BCUT2D eigenvalue weighted by molar-refractivity contribution is -0.120. The molecule has 138 valence electrons. The normalized spacial score (nSPS) is 17.2. The zero-order valence-electron chi connectivity index (χ0n) is 15.7. The van der Waals surface area contributed by atoms with Gasteiger partial charge in [0.25, 0.3) is 0 Å². The molecule has 5 nitrogen and oxygen atoms in total. The van der Waals surface area contributed by atoms with Gasteiger partial charge in [0.15, 0.2) is 5.82 Å². The maximum atomic E-state index is 12.7. The molecule has 1 fully saturated rings. The van der Waals surface area contributed by atoms with E-state index in [1.54, 1.807) is 0 Å². The molecule has 1 amide bonds. The van der Waals surface area contributed by atoms with Crippen LogP contribution >= 0.6 is 0 Å². The maximum Gasteiger partial charge on any atom is 0.229 e. The second-order valence-electron chi connectivity index (χ2n) is 7.11. The number of aromatic nitrogens is 2. The number of hydrogen-bond donors (Lipinski definition) is 1. The number of rotatable bonds is 6. The second kappa shape index (κ2) is 8.79. The molecule has 2 aromatic rings. The highest BCUT2D eigenvalue weighted by atomic mass is 16.1. The van der Waals surface area contributed by atoms with Crippen molar-refractivity contribution < 1.29 is 4.79 Å². The van der Waals surface area contributed by atoms with Gasteiger partial charge in [0.1, 0.15) is 0 Å². The number of anilines is 2. The van der Waals surface area contributed by atoms with Crippen LogP contribution in [0.15, 0.2) is 36.4 Å². The summed E-state index contributed by atoms with van der Waals surface area (Å²) in [5, 5.41) is 11.5. The van der Waals surface area contributed by atoms with Gasteiger partial charge in [-0.25, -0.2) is 0 Å². The molecule has 1 aliphatic rings. The minimum absolute atomic E-state index is 0.0216. The summed E-state index contributed by atoms with van der Waals surface area (Å²) in [7, 11) is 0. The summed E-state index contributed by atoms with van der Waals surface area (Å²) in [5.74, 6) is 0.927. The average molecular weight is 352 g/mol. The van der Waals surface area contributed by atoms with Crippen LogP contribution in [0.3, 0.4) is 0 Å². The van der Waals surface area contributed by atoms with E-state index in [1.807, 2.05) is 31.2 Å². The minimum Gasteiger partial charge on any atom is -0.354 e. The summed E-state index contributed by atoms with van der Waals surface area (Å²) in [6.07, 6.45) is 5.40. The van der Waals surface area contributed by atoms with Crippen LogP contribution in [-0.4, -0.2) is 29.2 Å². The van der Waals surface area contributed by atoms with Crippen molar-refractivity contribution in [1.29, 1.82) is 0 Å². The summed E-state index contributed by atoms with van der Waals surface area (Å²) in [4.78, 5) is 14.8. The standard InChI is InChI=1S/C21H28N4O/c1-3-4-6-17-9-11-19(12-10-17)22-21(26)18-7-5-14-25(15-18)20-13-8-16(2)23-24-20/h8-13,18H,3-7,14-15H2,1-2H3,(H,22,26). The number of nitrogens with one attached hydrogen (secondary N) is 1. The van der Waals surface area contributed by atoms with E-state index in [1.165, 1.54) is 18.4 Å². The average Bonchev–Trinajstić information content (AvgIpc) is 2.68. The number of hydrogen-bond acceptors (Lipinski definition) is 4. The fraction of sp³-hybridized carbons (Fsp3) is 0.476. The van der Waals surface area contributed by atoms with Crippen molar-refractivity contribution in [2.45, 2.75) is 46.0 Å². The van der Waals surface area contributed by atoms with E-state index in [0.717, 1.165) is 43.0 Å². The van der Waals surface area contributed by atoms with Crippen LogP contribution in [-0.2, 0) is 11.2 Å². The third-order valence-electron chi connectivity index (χ3n) is 4.94. The number of benzene rings is 1. The van der Waals surface area contributed by atoms with Gasteiger partial charge in [0.2, 0.25) is 5.91 Å². The van der Waals surface area contributed by atoms with Gasteiger partial charge in [-0.1, -0.05) is 25.5 Å². The lowest BCUT2D eigenvalue weighted by atomic mass is 9.97. The Kier molecular flexibility index (Phi) is 6.21. The number of aryl methyl sites for hydroxylation is 2. The first kappa shape index (κ1) is 18.4. The maximum absolute atomic E-state index is 12.7. The van der Waals surface area contributed by atoms with E-state index in [0.29, 0.717) is 6.54 Å². The lowest BCUT2D eigenvalue weighted by Gasteiger charge is -2.32. The number of unbranched alkanes of at least 4 members (excludes halogenated alkanes) is 1. The van der Waals surface area contributed by atoms with Gasteiger partial charge in [-0.3, -0.25) is 4.79 Å². The van der Waals surface area contributed by atoms with Gasteiger partial charge in [0.05, 0.1) is 11.6 Å². The molecule has 1 aliphatic heterocycles. The van der Waals surface area contributed by atoms with Crippen LogP contribution in [0.4, 0.5) is 11.5 Å². The predicted octanol–water partition coefficient (Wildman–Crippen LogP) is 3.98. The smallest absolute Gasteiger partial charge is 0.229 e. The zero-order chi connectivity index (χ0) is 18.4. The summed E-state index contributed by atoms with van der Waals surface area (Å²) in [6, 6.07) is 12.2. The van der Waals surface area contributed by atoms with Gasteiger partial charge in [-0.15, -0.1) is 5.10 Å². The Morgan fingerprint density at radius 3 is 2.69 bits per heavy atom. The fourth-order valence-electron chi connectivity index (χ4n) is 3.34.